The Kier molecular flexibility index (Phi) is 2.63. The van der Waals surface area contributed by atoms with Crippen LogP contribution >= 0.6 is 0 Å². The van der Waals surface area contributed by atoms with Crippen molar-refractivity contribution in [3.05, 3.63) is 0 Å². The summed E-state index contributed by atoms with van der Waals surface area (Å²) in [5.41, 5.74) is 0. The fourth-order valence-electron chi connectivity index (χ4n) is 2.34. The molecule has 0 amide bonds. The lowest BCUT2D eigenvalue weighted by Gasteiger charge is -2.33. The molecule has 0 aliphatic carbocycles. The Morgan fingerprint density at radius 2 is 1.92 bits per heavy atom. The topological polar surface area (TPSA) is 35.5 Å². The zero-order valence-corrected chi connectivity index (χ0v) is 7.50. The largest absolute Gasteiger partial charge is 0.378 e. The van der Waals surface area contributed by atoms with Gasteiger partial charge in [-0.3, -0.25) is 4.90 Å². The summed E-state index contributed by atoms with van der Waals surface area (Å²) in [5, 5.41) is 13.0. The van der Waals surface area contributed by atoms with Crippen molar-refractivity contribution in [3.8, 4) is 0 Å². The van der Waals surface area contributed by atoms with Gasteiger partial charge < -0.3 is 10.4 Å². The van der Waals surface area contributed by atoms with E-state index in [1.165, 1.54) is 19.3 Å². The van der Waals surface area contributed by atoms with Gasteiger partial charge in [0, 0.05) is 12.6 Å². The molecule has 0 aromatic rings. The van der Waals surface area contributed by atoms with Gasteiger partial charge in [0.1, 0.15) is 6.23 Å². The highest BCUT2D eigenvalue weighted by Gasteiger charge is 2.29. The number of hydrogen-bond donors (Lipinski definition) is 2. The average molecular weight is 170 g/mol. The Bertz CT molecular complexity index is 145. The van der Waals surface area contributed by atoms with Crippen LogP contribution in [0.2, 0.25) is 0 Å². The van der Waals surface area contributed by atoms with Crippen molar-refractivity contribution in [3.63, 3.8) is 0 Å². The molecule has 2 heterocycles. The number of aliphatic hydroxyl groups is 1. The van der Waals surface area contributed by atoms with Crippen molar-refractivity contribution in [2.45, 2.75) is 38.0 Å². The van der Waals surface area contributed by atoms with Crippen LogP contribution in [0.4, 0.5) is 0 Å². The van der Waals surface area contributed by atoms with Crippen molar-refractivity contribution >= 4 is 0 Å². The predicted octanol–water partition coefficient (Wildman–Crippen LogP) is 0.153. The summed E-state index contributed by atoms with van der Waals surface area (Å²) in [6, 6.07) is 0.642. The second kappa shape index (κ2) is 3.73. The molecule has 2 saturated heterocycles. The van der Waals surface area contributed by atoms with Gasteiger partial charge in [-0.05, 0) is 38.8 Å². The molecule has 3 heteroatoms. The van der Waals surface area contributed by atoms with E-state index in [1.807, 2.05) is 0 Å². The monoisotopic (exact) mass is 170 g/mol. The van der Waals surface area contributed by atoms with E-state index < -0.39 is 0 Å². The summed E-state index contributed by atoms with van der Waals surface area (Å²) in [7, 11) is 0. The zero-order valence-electron chi connectivity index (χ0n) is 7.50. The zero-order chi connectivity index (χ0) is 8.39. The van der Waals surface area contributed by atoms with E-state index in [0.717, 1.165) is 26.1 Å². The molecule has 12 heavy (non-hydrogen) atoms. The molecule has 2 aliphatic heterocycles. The SMILES string of the molecule is OC1CCCN1C1CCNCC1. The van der Waals surface area contributed by atoms with Gasteiger partial charge >= 0.3 is 0 Å². The number of nitrogens with one attached hydrogen (secondary N) is 1. The Balaban J connectivity index is 1.89. The summed E-state index contributed by atoms with van der Waals surface area (Å²) in [6.45, 7) is 3.34. The third-order valence-corrected chi connectivity index (χ3v) is 3.04. The predicted molar refractivity (Wildman–Crippen MR) is 47.8 cm³/mol. The molecule has 2 fully saturated rings. The molecule has 0 bridgehead atoms. The lowest BCUT2D eigenvalue weighted by Crippen LogP contribution is -2.45. The van der Waals surface area contributed by atoms with Crippen molar-refractivity contribution in [2.75, 3.05) is 19.6 Å². The van der Waals surface area contributed by atoms with Crippen LogP contribution in [0.25, 0.3) is 0 Å². The van der Waals surface area contributed by atoms with Crippen molar-refractivity contribution in [2.24, 2.45) is 0 Å². The highest BCUT2D eigenvalue weighted by Crippen LogP contribution is 2.22. The van der Waals surface area contributed by atoms with Crippen molar-refractivity contribution in [1.82, 2.24) is 10.2 Å². The quantitative estimate of drug-likeness (QED) is 0.588. The molecular weight excluding hydrogens is 152 g/mol. The third kappa shape index (κ3) is 1.63. The van der Waals surface area contributed by atoms with Gasteiger partial charge in [-0.1, -0.05) is 0 Å². The van der Waals surface area contributed by atoms with Gasteiger partial charge in [0.25, 0.3) is 0 Å². The molecule has 1 atom stereocenters. The van der Waals surface area contributed by atoms with Crippen LogP contribution < -0.4 is 5.32 Å². The van der Waals surface area contributed by atoms with Gasteiger partial charge in [-0.25, -0.2) is 0 Å². The second-order valence-electron chi connectivity index (χ2n) is 3.84. The molecule has 1 unspecified atom stereocenters. The summed E-state index contributed by atoms with van der Waals surface area (Å²) < 4.78 is 0. The van der Waals surface area contributed by atoms with E-state index in [-0.39, 0.29) is 6.23 Å². The summed E-state index contributed by atoms with van der Waals surface area (Å²) in [5.74, 6) is 0. The van der Waals surface area contributed by atoms with E-state index in [9.17, 15) is 5.11 Å². The number of piperidine rings is 1. The molecule has 2 aliphatic rings. The Hall–Kier alpha value is -0.120. The van der Waals surface area contributed by atoms with Gasteiger partial charge in [-0.15, -0.1) is 0 Å². The maximum absolute atomic E-state index is 9.65. The molecule has 2 rings (SSSR count). The number of rotatable bonds is 1. The molecule has 2 N–H and O–H groups in total. The normalized spacial score (nSPS) is 34.2. The summed E-state index contributed by atoms with van der Waals surface area (Å²) in [4.78, 5) is 2.28. The number of hydrogen-bond acceptors (Lipinski definition) is 3. The maximum Gasteiger partial charge on any atom is 0.107 e. The van der Waals surface area contributed by atoms with Gasteiger partial charge in [0.2, 0.25) is 0 Å². The number of likely N-dealkylation sites (tertiary alicyclic amines) is 1. The minimum Gasteiger partial charge on any atom is -0.378 e. The molecule has 3 nitrogen and oxygen atoms in total. The third-order valence-electron chi connectivity index (χ3n) is 3.04. The minimum absolute atomic E-state index is 0.145. The van der Waals surface area contributed by atoms with Crippen LogP contribution in [0.3, 0.4) is 0 Å². The first-order chi connectivity index (χ1) is 5.88. The standard InChI is InChI=1S/C9H18N2O/c12-9-2-1-7-11(9)8-3-5-10-6-4-8/h8-10,12H,1-7H2. The van der Waals surface area contributed by atoms with Crippen LogP contribution in [0.5, 0.6) is 0 Å². The highest BCUT2D eigenvalue weighted by molar-refractivity contribution is 4.82. The van der Waals surface area contributed by atoms with Gasteiger partial charge in [-0.2, -0.15) is 0 Å². The molecule has 70 valence electrons. The Labute approximate surface area is 73.8 Å². The molecular formula is C9H18N2O. The summed E-state index contributed by atoms with van der Waals surface area (Å²) >= 11 is 0. The fourth-order valence-corrected chi connectivity index (χ4v) is 2.34. The van der Waals surface area contributed by atoms with Crippen LogP contribution in [-0.2, 0) is 0 Å². The average Bonchev–Trinajstić information content (AvgIpc) is 2.53. The van der Waals surface area contributed by atoms with E-state index in [2.05, 4.69) is 10.2 Å². The summed E-state index contributed by atoms with van der Waals surface area (Å²) in [6.07, 6.45) is 4.41. The van der Waals surface area contributed by atoms with Crippen molar-refractivity contribution < 1.29 is 5.11 Å². The molecule has 0 aromatic carbocycles. The smallest absolute Gasteiger partial charge is 0.107 e. The number of nitrogens with zero attached hydrogens (tertiary/aromatic N) is 1. The van der Waals surface area contributed by atoms with Crippen LogP contribution in [0, 0.1) is 0 Å². The first-order valence-electron chi connectivity index (χ1n) is 5.02. The molecule has 0 saturated carbocycles. The maximum atomic E-state index is 9.65. The Morgan fingerprint density at radius 3 is 2.50 bits per heavy atom. The first kappa shape index (κ1) is 8.48. The van der Waals surface area contributed by atoms with Crippen LogP contribution in [0.15, 0.2) is 0 Å². The van der Waals surface area contributed by atoms with E-state index in [0.29, 0.717) is 6.04 Å². The molecule has 0 radical (unpaired) electrons. The van der Waals surface area contributed by atoms with E-state index in [4.69, 9.17) is 0 Å². The molecule has 0 aromatic heterocycles. The van der Waals surface area contributed by atoms with Crippen molar-refractivity contribution in [1.29, 1.82) is 0 Å². The lowest BCUT2D eigenvalue weighted by molar-refractivity contribution is 0.0000908. The van der Waals surface area contributed by atoms with Gasteiger partial charge in [0.15, 0.2) is 0 Å². The van der Waals surface area contributed by atoms with E-state index in [1.54, 1.807) is 0 Å². The fraction of sp³-hybridized carbons (Fsp3) is 1.00. The number of aliphatic hydroxyl groups excluding tert-OH is 1. The van der Waals surface area contributed by atoms with Crippen LogP contribution in [0.1, 0.15) is 25.7 Å². The Morgan fingerprint density at radius 1 is 1.17 bits per heavy atom. The first-order valence-corrected chi connectivity index (χ1v) is 5.02. The molecule has 0 spiro atoms. The van der Waals surface area contributed by atoms with Gasteiger partial charge in [0.05, 0.1) is 0 Å². The van der Waals surface area contributed by atoms with Crippen LogP contribution in [-0.4, -0.2) is 41.9 Å². The highest BCUT2D eigenvalue weighted by atomic mass is 16.3. The lowest BCUT2D eigenvalue weighted by atomic mass is 10.1. The van der Waals surface area contributed by atoms with E-state index >= 15 is 0 Å². The second-order valence-corrected chi connectivity index (χ2v) is 3.84. The minimum atomic E-state index is -0.145.